The zero-order chi connectivity index (χ0) is 14.5. The molecule has 0 bridgehead atoms. The zero-order valence-electron chi connectivity index (χ0n) is 11.3. The van der Waals surface area contributed by atoms with Crippen molar-refractivity contribution in [2.45, 2.75) is 20.4 Å². The van der Waals surface area contributed by atoms with Crippen LogP contribution < -0.4 is 16.6 Å². The third-order valence-electron chi connectivity index (χ3n) is 2.63. The molecule has 0 aliphatic heterocycles. The fraction of sp³-hybridized carbons (Fsp3) is 0.231. The molecule has 0 atom stereocenters. The van der Waals surface area contributed by atoms with E-state index in [9.17, 15) is 4.79 Å². The molecule has 1 amide bonds. The summed E-state index contributed by atoms with van der Waals surface area (Å²) in [5.74, 6) is 6.23. The first-order valence-electron chi connectivity index (χ1n) is 6.10. The fourth-order valence-electron chi connectivity index (χ4n) is 1.75. The molecular formula is C13H16N6O. The van der Waals surface area contributed by atoms with Crippen molar-refractivity contribution in [1.82, 2.24) is 20.3 Å². The Morgan fingerprint density at radius 1 is 1.30 bits per heavy atom. The second-order valence-electron chi connectivity index (χ2n) is 4.30. The highest BCUT2D eigenvalue weighted by atomic mass is 16.1. The van der Waals surface area contributed by atoms with Crippen molar-refractivity contribution in [1.29, 1.82) is 0 Å². The maximum atomic E-state index is 12.1. The molecule has 2 aromatic heterocycles. The second kappa shape index (κ2) is 6.07. The van der Waals surface area contributed by atoms with Crippen molar-refractivity contribution in [2.24, 2.45) is 5.84 Å². The lowest BCUT2D eigenvalue weighted by atomic mass is 10.2. The number of aromatic nitrogens is 3. The summed E-state index contributed by atoms with van der Waals surface area (Å²) < 4.78 is 0. The van der Waals surface area contributed by atoms with Gasteiger partial charge in [0.05, 0.1) is 12.2 Å². The summed E-state index contributed by atoms with van der Waals surface area (Å²) >= 11 is 0. The van der Waals surface area contributed by atoms with Gasteiger partial charge in [0.15, 0.2) is 0 Å². The third-order valence-corrected chi connectivity index (χ3v) is 2.63. The molecule has 0 aliphatic carbocycles. The van der Waals surface area contributed by atoms with Gasteiger partial charge in [0.1, 0.15) is 11.6 Å². The number of anilines is 1. The van der Waals surface area contributed by atoms with Gasteiger partial charge in [-0.15, -0.1) is 0 Å². The van der Waals surface area contributed by atoms with Gasteiger partial charge in [0, 0.05) is 17.5 Å². The van der Waals surface area contributed by atoms with Crippen LogP contribution in [0.4, 0.5) is 5.82 Å². The molecule has 7 nitrogen and oxygen atoms in total. The van der Waals surface area contributed by atoms with E-state index < -0.39 is 0 Å². The number of pyridine rings is 1. The van der Waals surface area contributed by atoms with Crippen LogP contribution in [-0.4, -0.2) is 20.9 Å². The molecule has 2 heterocycles. The predicted molar refractivity (Wildman–Crippen MR) is 74.7 cm³/mol. The van der Waals surface area contributed by atoms with Crippen LogP contribution in [0.25, 0.3) is 0 Å². The summed E-state index contributed by atoms with van der Waals surface area (Å²) in [6, 6.07) is 5.05. The van der Waals surface area contributed by atoms with Gasteiger partial charge in [-0.3, -0.25) is 4.79 Å². The average molecular weight is 272 g/mol. The van der Waals surface area contributed by atoms with E-state index in [-0.39, 0.29) is 5.91 Å². The average Bonchev–Trinajstić information content (AvgIpc) is 2.44. The van der Waals surface area contributed by atoms with E-state index in [1.807, 2.05) is 0 Å². The van der Waals surface area contributed by atoms with E-state index in [4.69, 9.17) is 5.84 Å². The number of nitrogens with one attached hydrogen (secondary N) is 2. The number of hydrazine groups is 1. The second-order valence-corrected chi connectivity index (χ2v) is 4.30. The molecule has 2 aromatic rings. The standard InChI is InChI=1S/C13H16N6O/c1-8-5-10(6-12(17-8)19-14)13(20)16-7-11-3-4-15-9(2)18-11/h3-6H,7,14H2,1-2H3,(H,16,20)(H,17,19). The molecule has 2 rings (SSSR count). The van der Waals surface area contributed by atoms with Crippen molar-refractivity contribution in [2.75, 3.05) is 5.43 Å². The fourth-order valence-corrected chi connectivity index (χ4v) is 1.75. The molecule has 0 aromatic carbocycles. The van der Waals surface area contributed by atoms with Crippen LogP contribution >= 0.6 is 0 Å². The smallest absolute Gasteiger partial charge is 0.251 e. The van der Waals surface area contributed by atoms with Crippen molar-refractivity contribution < 1.29 is 4.79 Å². The highest BCUT2D eigenvalue weighted by Crippen LogP contribution is 2.09. The molecule has 104 valence electrons. The number of amides is 1. The number of nitrogens with two attached hydrogens (primary N) is 1. The molecule has 0 unspecified atom stereocenters. The number of aryl methyl sites for hydroxylation is 2. The van der Waals surface area contributed by atoms with E-state index >= 15 is 0 Å². The van der Waals surface area contributed by atoms with Crippen molar-refractivity contribution in [3.05, 3.63) is 47.2 Å². The summed E-state index contributed by atoms with van der Waals surface area (Å²) in [5, 5.41) is 2.80. The van der Waals surface area contributed by atoms with E-state index in [0.29, 0.717) is 29.4 Å². The first-order valence-corrected chi connectivity index (χ1v) is 6.10. The van der Waals surface area contributed by atoms with Crippen LogP contribution in [0.2, 0.25) is 0 Å². The highest BCUT2D eigenvalue weighted by molar-refractivity contribution is 5.94. The Hall–Kier alpha value is -2.54. The van der Waals surface area contributed by atoms with Gasteiger partial charge in [0.2, 0.25) is 0 Å². The molecular weight excluding hydrogens is 256 g/mol. The van der Waals surface area contributed by atoms with Gasteiger partial charge in [-0.2, -0.15) is 0 Å². The molecule has 7 heteroatoms. The Balaban J connectivity index is 2.07. The van der Waals surface area contributed by atoms with Gasteiger partial charge < -0.3 is 10.7 Å². The molecule has 0 radical (unpaired) electrons. The topological polar surface area (TPSA) is 106 Å². The van der Waals surface area contributed by atoms with Crippen LogP contribution in [0, 0.1) is 13.8 Å². The molecule has 0 saturated carbocycles. The Morgan fingerprint density at radius 2 is 2.10 bits per heavy atom. The number of hydrogen-bond acceptors (Lipinski definition) is 6. The molecule has 0 aliphatic rings. The Labute approximate surface area is 116 Å². The van der Waals surface area contributed by atoms with Crippen LogP contribution in [0.1, 0.15) is 27.6 Å². The quantitative estimate of drug-likeness (QED) is 0.559. The Kier molecular flexibility index (Phi) is 4.21. The number of carbonyl (C=O) groups is 1. The largest absolute Gasteiger partial charge is 0.346 e. The van der Waals surface area contributed by atoms with E-state index in [1.165, 1.54) is 0 Å². The maximum Gasteiger partial charge on any atom is 0.251 e. The van der Waals surface area contributed by atoms with Crippen molar-refractivity contribution in [3.63, 3.8) is 0 Å². The maximum absolute atomic E-state index is 12.1. The van der Waals surface area contributed by atoms with Crippen LogP contribution in [0.3, 0.4) is 0 Å². The summed E-state index contributed by atoms with van der Waals surface area (Å²) in [4.78, 5) is 24.4. The SMILES string of the molecule is Cc1cc(C(=O)NCc2ccnc(C)n2)cc(NN)n1. The molecule has 0 fully saturated rings. The first kappa shape index (κ1) is 13.9. The van der Waals surface area contributed by atoms with Crippen LogP contribution in [0.5, 0.6) is 0 Å². The normalized spacial score (nSPS) is 10.2. The highest BCUT2D eigenvalue weighted by Gasteiger charge is 2.08. The van der Waals surface area contributed by atoms with Gasteiger partial charge in [-0.25, -0.2) is 20.8 Å². The van der Waals surface area contributed by atoms with Crippen LogP contribution in [-0.2, 0) is 6.54 Å². The zero-order valence-corrected chi connectivity index (χ0v) is 11.3. The Bertz CT molecular complexity index is 628. The van der Waals surface area contributed by atoms with Gasteiger partial charge in [0.25, 0.3) is 5.91 Å². The number of carbonyl (C=O) groups excluding carboxylic acids is 1. The van der Waals surface area contributed by atoms with Gasteiger partial charge >= 0.3 is 0 Å². The predicted octanol–water partition coefficient (Wildman–Crippen LogP) is 0.704. The van der Waals surface area contributed by atoms with Gasteiger partial charge in [-0.1, -0.05) is 0 Å². The van der Waals surface area contributed by atoms with Gasteiger partial charge in [-0.05, 0) is 32.0 Å². The summed E-state index contributed by atoms with van der Waals surface area (Å²) in [7, 11) is 0. The first-order chi connectivity index (χ1) is 9.58. The number of hydrogen-bond donors (Lipinski definition) is 3. The third kappa shape index (κ3) is 3.48. The van der Waals surface area contributed by atoms with Crippen molar-refractivity contribution in [3.8, 4) is 0 Å². The van der Waals surface area contributed by atoms with E-state index in [1.54, 1.807) is 38.2 Å². The van der Waals surface area contributed by atoms with E-state index in [2.05, 4.69) is 25.7 Å². The number of nitrogen functional groups attached to an aromatic ring is 1. The molecule has 4 N–H and O–H groups in total. The molecule has 20 heavy (non-hydrogen) atoms. The minimum absolute atomic E-state index is 0.205. The van der Waals surface area contributed by atoms with Crippen molar-refractivity contribution >= 4 is 11.7 Å². The number of rotatable bonds is 4. The summed E-state index contributed by atoms with van der Waals surface area (Å²) in [6.45, 7) is 3.94. The lowest BCUT2D eigenvalue weighted by Gasteiger charge is -2.07. The minimum Gasteiger partial charge on any atom is -0.346 e. The molecule has 0 saturated heterocycles. The number of nitrogens with zero attached hydrogens (tertiary/aromatic N) is 3. The summed E-state index contributed by atoms with van der Waals surface area (Å²) in [5.41, 5.74) is 4.40. The monoisotopic (exact) mass is 272 g/mol. The summed E-state index contributed by atoms with van der Waals surface area (Å²) in [6.07, 6.45) is 1.66. The lowest BCUT2D eigenvalue weighted by Crippen LogP contribution is -2.24. The Morgan fingerprint density at radius 3 is 2.80 bits per heavy atom. The van der Waals surface area contributed by atoms with Crippen LogP contribution in [0.15, 0.2) is 24.4 Å². The molecule has 0 spiro atoms. The van der Waals surface area contributed by atoms with E-state index in [0.717, 1.165) is 5.69 Å². The lowest BCUT2D eigenvalue weighted by molar-refractivity contribution is 0.0950. The minimum atomic E-state index is -0.205.